The van der Waals surface area contributed by atoms with E-state index in [2.05, 4.69) is 6.58 Å². The van der Waals surface area contributed by atoms with Gasteiger partial charge in [0.1, 0.15) is 69.4 Å². The normalized spacial score (nSPS) is 12.5. The molecule has 0 atom stereocenters. The van der Waals surface area contributed by atoms with Crippen LogP contribution in [0.25, 0.3) is 17.2 Å². The zero-order valence-corrected chi connectivity index (χ0v) is 29.1. The molecule has 0 aliphatic heterocycles. The molecule has 0 amide bonds. The Morgan fingerprint density at radius 2 is 0.548 bits per heavy atom. The average Bonchev–Trinajstić information content (AvgIpc) is 3.14. The van der Waals surface area contributed by atoms with E-state index in [1.807, 2.05) is 0 Å². The van der Waals surface area contributed by atoms with Crippen molar-refractivity contribution in [2.24, 2.45) is 0 Å². The van der Waals surface area contributed by atoms with Crippen LogP contribution < -0.4 is 40.7 Å². The molecule has 5 aromatic carbocycles. The first kappa shape index (κ1) is 49.4. The number of benzene rings is 5. The van der Waals surface area contributed by atoms with E-state index < -0.39 is 167 Å². The van der Waals surface area contributed by atoms with Gasteiger partial charge in [0.25, 0.3) is 0 Å². The third-order valence-corrected chi connectivity index (χ3v) is 9.21. The summed E-state index contributed by atoms with van der Waals surface area (Å²) in [7, 11) is 0. The predicted octanol–water partition coefficient (Wildman–Crippen LogP) is 7.66. The summed E-state index contributed by atoms with van der Waals surface area (Å²) >= 11 is 0. The summed E-state index contributed by atoms with van der Waals surface area (Å²) in [6.07, 6.45) is -27.2. The summed E-state index contributed by atoms with van der Waals surface area (Å²) in [6, 6.07) is 2.65. The molecule has 0 saturated carbocycles. The van der Waals surface area contributed by atoms with Crippen LogP contribution in [0, 0.1) is 93.1 Å². The molecule has 0 aliphatic rings. The number of hydrogen-bond donors (Lipinski definition) is 0. The quantitative estimate of drug-likeness (QED) is 0.0934. The SMILES string of the molecule is C=Cc1ccc(-c2c(F)c(F)c([B-](c3c(F)c(F)c(C(F)(F)F)c(F)c3F)(c3c(F)c(F)c(C(F)(F)F)c(F)c3F)c3c(F)c(F)c(C(F)(F)F)c(F)c3F)c(F)c2F)cc1.[Li+]. The zero-order chi connectivity index (χ0) is 46.5. The molecule has 0 aliphatic carbocycles. The Kier molecular flexibility index (Phi) is 12.9. The molecule has 0 radical (unpaired) electrons. The van der Waals surface area contributed by atoms with Gasteiger partial charge < -0.3 is 0 Å². The molecule has 0 heterocycles. The van der Waals surface area contributed by atoms with Crippen molar-refractivity contribution in [2.75, 3.05) is 0 Å². The molecule has 0 fully saturated rings. The maximum Gasteiger partial charge on any atom is 1.00 e. The van der Waals surface area contributed by atoms with Crippen molar-refractivity contribution in [1.82, 2.24) is 0 Å². The number of halogens is 25. The van der Waals surface area contributed by atoms with Gasteiger partial charge in [-0.2, -0.15) is 39.5 Å². The first-order valence-corrected chi connectivity index (χ1v) is 15.4. The minimum atomic E-state index is -7.87. The molecule has 62 heavy (non-hydrogen) atoms. The molecule has 0 bridgehead atoms. The fourth-order valence-corrected chi connectivity index (χ4v) is 6.77. The molecule has 0 saturated heterocycles. The van der Waals surface area contributed by atoms with Gasteiger partial charge in [0, 0.05) is 0 Å². The van der Waals surface area contributed by atoms with E-state index in [-0.39, 0.29) is 24.4 Å². The van der Waals surface area contributed by atoms with Crippen LogP contribution in [0.15, 0.2) is 30.8 Å². The van der Waals surface area contributed by atoms with E-state index in [0.29, 0.717) is 12.1 Å². The Labute approximate surface area is 338 Å². The monoisotopic (exact) mass is 920 g/mol. The first-order chi connectivity index (χ1) is 27.8. The van der Waals surface area contributed by atoms with Crippen molar-refractivity contribution >= 4 is 34.1 Å². The molecule has 0 nitrogen and oxygen atoms in total. The topological polar surface area (TPSA) is 0 Å². The predicted molar refractivity (Wildman–Crippen MR) is 160 cm³/mol. The van der Waals surface area contributed by atoms with Crippen LogP contribution >= 0.6 is 0 Å². The zero-order valence-electron chi connectivity index (χ0n) is 29.1. The van der Waals surface area contributed by atoms with Crippen LogP contribution in [0.2, 0.25) is 0 Å². The van der Waals surface area contributed by atoms with Crippen molar-refractivity contribution in [3.05, 3.63) is 146 Å². The Balaban J connectivity index is 0.00000845. The summed E-state index contributed by atoms with van der Waals surface area (Å²) in [5.41, 5.74) is -31.0. The molecule has 5 rings (SSSR count). The molecule has 0 N–H and O–H groups in total. The van der Waals surface area contributed by atoms with Crippen LogP contribution in [0.1, 0.15) is 22.3 Å². The first-order valence-electron chi connectivity index (χ1n) is 15.4. The van der Waals surface area contributed by atoms with Gasteiger partial charge in [-0.25, -0.2) is 70.2 Å². The van der Waals surface area contributed by atoms with E-state index in [1.165, 1.54) is 0 Å². The maximum atomic E-state index is 16.7. The Hall–Kier alpha value is -5.25. The van der Waals surface area contributed by atoms with Gasteiger partial charge >= 0.3 is 37.4 Å². The van der Waals surface area contributed by atoms with Crippen LogP contribution in [0.4, 0.5) is 110 Å². The van der Waals surface area contributed by atoms with Crippen LogP contribution in [0.5, 0.6) is 0 Å². The molecule has 27 heteroatoms. The van der Waals surface area contributed by atoms with Gasteiger partial charge in [-0.15, -0.1) is 21.9 Å². The largest absolute Gasteiger partial charge is 1.00 e. The second-order valence-electron chi connectivity index (χ2n) is 12.4. The molecule has 0 unspecified atom stereocenters. The smallest absolute Gasteiger partial charge is 0.207 e. The van der Waals surface area contributed by atoms with E-state index in [0.717, 1.165) is 18.2 Å². The fraction of sp³-hybridized carbons (Fsp3) is 0.0857. The minimum Gasteiger partial charge on any atom is -0.207 e. The van der Waals surface area contributed by atoms with Gasteiger partial charge in [-0.1, -0.05) is 36.9 Å². The summed E-state index contributed by atoms with van der Waals surface area (Å²) in [5, 5.41) is 0. The standard InChI is InChI=1S/C35H7BF25.Li/c1-2-7-3-5-8(6-4-7)9-17(37)25(45)13(26(46)18(9)38)36(14-27(47)19(39)10(33(53,54)55)20(40)28(14)48,15-29(49)21(41)11(34(56,57)58)22(42)30(15)50)16-31(51)23(43)12(35(59,60)61)24(44)32(16)52;/h2-6H,1H2;/q-1;+1. The van der Waals surface area contributed by atoms with E-state index in [4.69, 9.17) is 0 Å². The Bertz CT molecular complexity index is 2370. The second-order valence-corrected chi connectivity index (χ2v) is 12.4. The molecule has 5 aromatic rings. The minimum absolute atomic E-state index is 0. The molecule has 0 aromatic heterocycles. The molecule has 0 spiro atoms. The third-order valence-electron chi connectivity index (χ3n) is 9.21. The van der Waals surface area contributed by atoms with Crippen molar-refractivity contribution in [3.63, 3.8) is 0 Å². The number of alkyl halides is 9. The number of hydrogen-bond acceptors (Lipinski definition) is 0. The van der Waals surface area contributed by atoms with Crippen molar-refractivity contribution in [2.45, 2.75) is 18.5 Å². The van der Waals surface area contributed by atoms with Crippen molar-refractivity contribution in [1.29, 1.82) is 0 Å². The van der Waals surface area contributed by atoms with Crippen molar-refractivity contribution in [3.8, 4) is 11.1 Å². The van der Waals surface area contributed by atoms with Gasteiger partial charge in [0.05, 0.1) is 5.56 Å². The molecular formula is C35H7BF25Li. The number of rotatable bonds is 6. The third kappa shape index (κ3) is 7.15. The van der Waals surface area contributed by atoms with E-state index in [1.54, 1.807) is 0 Å². The van der Waals surface area contributed by atoms with E-state index in [9.17, 15) is 39.5 Å². The summed E-state index contributed by atoms with van der Waals surface area (Å²) in [5.74, 6) is -64.3. The van der Waals surface area contributed by atoms with Gasteiger partial charge in [-0.3, -0.25) is 0 Å². The van der Waals surface area contributed by atoms with Gasteiger partial charge in [-0.05, 0) is 11.1 Å². The average molecular weight is 920 g/mol. The van der Waals surface area contributed by atoms with Crippen LogP contribution in [0.3, 0.4) is 0 Å². The van der Waals surface area contributed by atoms with Gasteiger partial charge in [0.2, 0.25) is 0 Å². The van der Waals surface area contributed by atoms with Crippen LogP contribution in [-0.4, -0.2) is 6.15 Å². The Morgan fingerprint density at radius 3 is 0.742 bits per heavy atom. The summed E-state index contributed by atoms with van der Waals surface area (Å²) < 4.78 is 378. The Morgan fingerprint density at radius 1 is 0.339 bits per heavy atom. The van der Waals surface area contributed by atoms with Gasteiger partial charge in [0.15, 0.2) is 46.5 Å². The molecule has 326 valence electrons. The molecular weight excluding hydrogens is 913 g/mol. The maximum absolute atomic E-state index is 16.7. The second kappa shape index (κ2) is 16.1. The fourth-order valence-electron chi connectivity index (χ4n) is 6.77. The van der Waals surface area contributed by atoms with Crippen LogP contribution in [-0.2, 0) is 18.5 Å². The van der Waals surface area contributed by atoms with Crippen molar-refractivity contribution < 1.29 is 129 Å². The van der Waals surface area contributed by atoms with E-state index >= 15 is 70.2 Å². The summed E-state index contributed by atoms with van der Waals surface area (Å²) in [4.78, 5) is 0. The summed E-state index contributed by atoms with van der Waals surface area (Å²) in [6.45, 7) is 3.26.